The molecule has 0 bridgehead atoms. The lowest BCUT2D eigenvalue weighted by atomic mass is 10.2. The van der Waals surface area contributed by atoms with E-state index in [0.717, 1.165) is 0 Å². The summed E-state index contributed by atoms with van der Waals surface area (Å²) in [5, 5.41) is 0. The number of nitrogens with zero attached hydrogens (tertiary/aromatic N) is 1. The normalized spacial score (nSPS) is 36.8. The van der Waals surface area contributed by atoms with Crippen molar-refractivity contribution in [1.29, 1.82) is 0 Å². The van der Waals surface area contributed by atoms with Gasteiger partial charge < -0.3 is 5.73 Å². The SMILES string of the molecule is CC1N=C(N)C(C)(C)S(=O)(=O)C1F. The molecule has 0 radical (unpaired) electrons. The second-order valence-electron chi connectivity index (χ2n) is 3.66. The summed E-state index contributed by atoms with van der Waals surface area (Å²) in [6.45, 7) is 4.11. The van der Waals surface area contributed by atoms with Crippen LogP contribution in [0, 0.1) is 0 Å². The number of aliphatic imine (C=N–C) groups is 1. The topological polar surface area (TPSA) is 72.5 Å². The highest BCUT2D eigenvalue weighted by Crippen LogP contribution is 2.30. The summed E-state index contributed by atoms with van der Waals surface area (Å²) in [7, 11) is -3.86. The molecule has 0 amide bonds. The van der Waals surface area contributed by atoms with Crippen molar-refractivity contribution < 1.29 is 12.8 Å². The van der Waals surface area contributed by atoms with Gasteiger partial charge in [0.15, 0.2) is 9.84 Å². The first-order valence-corrected chi connectivity index (χ1v) is 5.47. The Morgan fingerprint density at radius 2 is 2.00 bits per heavy atom. The Morgan fingerprint density at radius 3 is 2.46 bits per heavy atom. The van der Waals surface area contributed by atoms with Crippen LogP contribution in [-0.4, -0.2) is 30.5 Å². The van der Waals surface area contributed by atoms with Crippen molar-refractivity contribution in [2.45, 2.75) is 37.1 Å². The standard InChI is InChI=1S/C7H13FN2O2S/c1-4-5(8)13(11,12)7(2,3)6(9)10-4/h4-5H,1-3H3,(H2,9,10). The summed E-state index contributed by atoms with van der Waals surface area (Å²) in [6, 6.07) is -0.905. The van der Waals surface area contributed by atoms with Crippen LogP contribution >= 0.6 is 0 Å². The molecule has 2 N–H and O–H groups in total. The zero-order chi connectivity index (χ0) is 10.4. The van der Waals surface area contributed by atoms with Crippen molar-refractivity contribution in [3.05, 3.63) is 0 Å². The molecule has 0 aromatic rings. The number of nitrogens with two attached hydrogens (primary N) is 1. The molecule has 0 saturated heterocycles. The van der Waals surface area contributed by atoms with Crippen LogP contribution in [-0.2, 0) is 9.84 Å². The third-order valence-corrected chi connectivity index (χ3v) is 4.97. The molecule has 0 aromatic carbocycles. The van der Waals surface area contributed by atoms with Gasteiger partial charge in [-0.3, -0.25) is 4.99 Å². The third kappa shape index (κ3) is 1.23. The first kappa shape index (κ1) is 10.4. The van der Waals surface area contributed by atoms with E-state index in [-0.39, 0.29) is 5.84 Å². The molecule has 1 heterocycles. The maximum atomic E-state index is 13.3. The van der Waals surface area contributed by atoms with E-state index in [1.165, 1.54) is 20.8 Å². The number of alkyl halides is 1. The van der Waals surface area contributed by atoms with Gasteiger partial charge in [-0.25, -0.2) is 12.8 Å². The molecule has 76 valence electrons. The van der Waals surface area contributed by atoms with E-state index < -0.39 is 26.1 Å². The van der Waals surface area contributed by atoms with Gasteiger partial charge >= 0.3 is 0 Å². The highest BCUT2D eigenvalue weighted by molar-refractivity contribution is 7.94. The molecule has 0 aromatic heterocycles. The van der Waals surface area contributed by atoms with Gasteiger partial charge in [-0.05, 0) is 20.8 Å². The van der Waals surface area contributed by atoms with Crippen LogP contribution in [0.5, 0.6) is 0 Å². The van der Waals surface area contributed by atoms with Gasteiger partial charge in [0.2, 0.25) is 5.50 Å². The van der Waals surface area contributed by atoms with E-state index in [1.807, 2.05) is 0 Å². The van der Waals surface area contributed by atoms with Gasteiger partial charge in [0, 0.05) is 0 Å². The third-order valence-electron chi connectivity index (χ3n) is 2.35. The number of hydrogen-bond donors (Lipinski definition) is 1. The van der Waals surface area contributed by atoms with E-state index in [1.54, 1.807) is 0 Å². The molecule has 13 heavy (non-hydrogen) atoms. The predicted molar refractivity (Wildman–Crippen MR) is 49.0 cm³/mol. The molecule has 1 aliphatic heterocycles. The monoisotopic (exact) mass is 208 g/mol. The van der Waals surface area contributed by atoms with Crippen molar-refractivity contribution >= 4 is 15.7 Å². The Kier molecular flexibility index (Phi) is 2.14. The summed E-state index contributed by atoms with van der Waals surface area (Å²) in [4.78, 5) is 3.75. The fraction of sp³-hybridized carbons (Fsp3) is 0.857. The summed E-state index contributed by atoms with van der Waals surface area (Å²) < 4.78 is 34.9. The summed E-state index contributed by atoms with van der Waals surface area (Å²) in [5.74, 6) is -0.0195. The highest BCUT2D eigenvalue weighted by atomic mass is 32.2. The average Bonchev–Trinajstić information content (AvgIpc) is 2.00. The largest absolute Gasteiger partial charge is 0.386 e. The minimum Gasteiger partial charge on any atom is -0.386 e. The Bertz CT molecular complexity index is 348. The predicted octanol–water partition coefficient (Wildman–Crippen LogP) is 0.235. The zero-order valence-corrected chi connectivity index (χ0v) is 8.60. The van der Waals surface area contributed by atoms with Gasteiger partial charge in [0.05, 0.1) is 6.04 Å². The fourth-order valence-corrected chi connectivity index (χ4v) is 2.61. The Labute approximate surface area is 76.9 Å². The second-order valence-corrected chi connectivity index (χ2v) is 6.22. The summed E-state index contributed by atoms with van der Waals surface area (Å²) in [5.41, 5.74) is 3.50. The summed E-state index contributed by atoms with van der Waals surface area (Å²) >= 11 is 0. The first-order valence-electron chi connectivity index (χ1n) is 3.92. The minimum absolute atomic E-state index is 0.0195. The molecule has 1 rings (SSSR count). The van der Waals surface area contributed by atoms with Crippen molar-refractivity contribution in [2.24, 2.45) is 10.7 Å². The smallest absolute Gasteiger partial charge is 0.223 e. The lowest BCUT2D eigenvalue weighted by molar-refractivity contribution is 0.364. The van der Waals surface area contributed by atoms with Crippen LogP contribution in [0.4, 0.5) is 4.39 Å². The molecule has 2 unspecified atom stereocenters. The van der Waals surface area contributed by atoms with Crippen LogP contribution in [0.1, 0.15) is 20.8 Å². The van der Waals surface area contributed by atoms with Crippen molar-refractivity contribution in [2.75, 3.05) is 0 Å². The average molecular weight is 208 g/mol. The van der Waals surface area contributed by atoms with Crippen LogP contribution in [0.3, 0.4) is 0 Å². The number of amidine groups is 1. The van der Waals surface area contributed by atoms with E-state index in [0.29, 0.717) is 0 Å². The van der Waals surface area contributed by atoms with Gasteiger partial charge in [0.25, 0.3) is 0 Å². The Morgan fingerprint density at radius 1 is 1.54 bits per heavy atom. The van der Waals surface area contributed by atoms with Gasteiger partial charge in [-0.1, -0.05) is 0 Å². The Balaban J connectivity index is 3.36. The molecular weight excluding hydrogens is 195 g/mol. The lowest BCUT2D eigenvalue weighted by Gasteiger charge is -2.32. The van der Waals surface area contributed by atoms with Crippen molar-refractivity contribution in [1.82, 2.24) is 0 Å². The molecule has 0 saturated carbocycles. The molecule has 0 spiro atoms. The Hall–Kier alpha value is -0.650. The molecule has 0 fully saturated rings. The maximum Gasteiger partial charge on any atom is 0.223 e. The van der Waals surface area contributed by atoms with E-state index in [2.05, 4.69) is 4.99 Å². The molecule has 0 aliphatic carbocycles. The first-order chi connectivity index (χ1) is 5.71. The minimum atomic E-state index is -3.86. The van der Waals surface area contributed by atoms with Crippen molar-refractivity contribution in [3.63, 3.8) is 0 Å². The number of halogens is 1. The number of rotatable bonds is 0. The van der Waals surface area contributed by atoms with Crippen LogP contribution in [0.25, 0.3) is 0 Å². The molecule has 6 heteroatoms. The molecule has 1 aliphatic rings. The highest BCUT2D eigenvalue weighted by Gasteiger charge is 2.49. The van der Waals surface area contributed by atoms with Gasteiger partial charge in [-0.2, -0.15) is 0 Å². The molecule has 2 atom stereocenters. The van der Waals surface area contributed by atoms with Crippen LogP contribution < -0.4 is 5.73 Å². The van der Waals surface area contributed by atoms with Gasteiger partial charge in [-0.15, -0.1) is 0 Å². The number of hydrogen-bond acceptors (Lipinski definition) is 4. The van der Waals surface area contributed by atoms with E-state index in [4.69, 9.17) is 5.73 Å². The zero-order valence-electron chi connectivity index (χ0n) is 7.78. The van der Waals surface area contributed by atoms with E-state index >= 15 is 0 Å². The molecular formula is C7H13FN2O2S. The molecule has 4 nitrogen and oxygen atoms in total. The maximum absolute atomic E-state index is 13.3. The second kappa shape index (κ2) is 2.67. The van der Waals surface area contributed by atoms with Crippen LogP contribution in [0.15, 0.2) is 4.99 Å². The fourth-order valence-electron chi connectivity index (χ4n) is 1.12. The quantitative estimate of drug-likeness (QED) is 0.619. The summed E-state index contributed by atoms with van der Waals surface area (Å²) in [6.07, 6.45) is 0. The van der Waals surface area contributed by atoms with Gasteiger partial charge in [0.1, 0.15) is 10.6 Å². The lowest BCUT2D eigenvalue weighted by Crippen LogP contribution is -2.54. The number of sulfone groups is 1. The van der Waals surface area contributed by atoms with E-state index in [9.17, 15) is 12.8 Å². The van der Waals surface area contributed by atoms with Crippen LogP contribution in [0.2, 0.25) is 0 Å². The van der Waals surface area contributed by atoms with Crippen molar-refractivity contribution in [3.8, 4) is 0 Å².